The number of carbonyl (C=O) groups excluding carboxylic acids is 1. The van der Waals surface area contributed by atoms with Crippen LogP contribution in [0, 0.1) is 16.7 Å². The summed E-state index contributed by atoms with van der Waals surface area (Å²) in [6.07, 6.45) is 10.6. The SMILES string of the molecule is CC(C)C1(C(O)N2C(=O)OCC2Cc2ccccc2)CCCC2(CCCCC2)C1. The number of cyclic esters (lactones) is 1. The smallest absolute Gasteiger partial charge is 0.412 e. The molecule has 0 radical (unpaired) electrons. The molecular weight excluding hydrogens is 362 g/mol. The molecular formula is C25H37NO3. The molecule has 1 amide bonds. The Bertz CT molecular complexity index is 692. The maximum absolute atomic E-state index is 12.7. The van der Waals surface area contributed by atoms with E-state index < -0.39 is 6.23 Å². The lowest BCUT2D eigenvalue weighted by atomic mass is 9.53. The van der Waals surface area contributed by atoms with Crippen molar-refractivity contribution in [3.8, 4) is 0 Å². The third kappa shape index (κ3) is 3.93. The van der Waals surface area contributed by atoms with Gasteiger partial charge in [-0.25, -0.2) is 4.79 Å². The fraction of sp³-hybridized carbons (Fsp3) is 0.720. The zero-order valence-corrected chi connectivity index (χ0v) is 18.1. The average Bonchev–Trinajstić information content (AvgIpc) is 3.08. The lowest BCUT2D eigenvalue weighted by Crippen LogP contribution is -2.57. The number of nitrogens with zero attached hydrogens (tertiary/aromatic N) is 1. The maximum Gasteiger partial charge on any atom is 0.412 e. The van der Waals surface area contributed by atoms with E-state index in [1.54, 1.807) is 4.90 Å². The highest BCUT2D eigenvalue weighted by molar-refractivity contribution is 5.70. The minimum atomic E-state index is -0.773. The van der Waals surface area contributed by atoms with Gasteiger partial charge < -0.3 is 9.84 Å². The Morgan fingerprint density at radius 2 is 1.76 bits per heavy atom. The lowest BCUT2D eigenvalue weighted by Gasteiger charge is -2.55. The molecule has 4 rings (SSSR count). The molecule has 1 spiro atoms. The highest BCUT2D eigenvalue weighted by Gasteiger charge is 2.54. The summed E-state index contributed by atoms with van der Waals surface area (Å²) in [7, 11) is 0. The van der Waals surface area contributed by atoms with E-state index in [4.69, 9.17) is 4.74 Å². The number of rotatable bonds is 5. The predicted octanol–water partition coefficient (Wildman–Crippen LogP) is 5.54. The van der Waals surface area contributed by atoms with E-state index in [9.17, 15) is 9.90 Å². The van der Waals surface area contributed by atoms with Crippen LogP contribution in [0.3, 0.4) is 0 Å². The van der Waals surface area contributed by atoms with Gasteiger partial charge in [-0.2, -0.15) is 0 Å². The van der Waals surface area contributed by atoms with Crippen LogP contribution in [0.5, 0.6) is 0 Å². The van der Waals surface area contributed by atoms with E-state index in [0.29, 0.717) is 17.9 Å². The minimum Gasteiger partial charge on any atom is -0.447 e. The molecule has 3 fully saturated rings. The summed E-state index contributed by atoms with van der Waals surface area (Å²) in [6.45, 7) is 4.83. The fourth-order valence-electron chi connectivity index (χ4n) is 6.50. The first-order chi connectivity index (χ1) is 14.0. The Morgan fingerprint density at radius 3 is 2.45 bits per heavy atom. The van der Waals surface area contributed by atoms with Crippen LogP contribution in [0.1, 0.15) is 77.2 Å². The molecule has 1 aromatic carbocycles. The molecule has 1 saturated heterocycles. The molecule has 1 heterocycles. The first-order valence-electron chi connectivity index (χ1n) is 11.6. The van der Waals surface area contributed by atoms with Crippen LogP contribution in [-0.4, -0.2) is 35.0 Å². The minimum absolute atomic E-state index is 0.0974. The van der Waals surface area contributed by atoms with Crippen LogP contribution in [-0.2, 0) is 11.2 Å². The van der Waals surface area contributed by atoms with Gasteiger partial charge in [0.15, 0.2) is 0 Å². The summed E-state index contributed by atoms with van der Waals surface area (Å²) in [5, 5.41) is 11.8. The Kier molecular flexibility index (Phi) is 5.92. The van der Waals surface area contributed by atoms with Crippen molar-refractivity contribution in [3.05, 3.63) is 35.9 Å². The van der Waals surface area contributed by atoms with Crippen LogP contribution in [0.4, 0.5) is 4.79 Å². The van der Waals surface area contributed by atoms with E-state index >= 15 is 0 Å². The van der Waals surface area contributed by atoms with E-state index in [0.717, 1.165) is 25.7 Å². The third-order valence-corrected chi connectivity index (χ3v) is 8.21. The largest absolute Gasteiger partial charge is 0.447 e. The van der Waals surface area contributed by atoms with Crippen molar-refractivity contribution in [1.29, 1.82) is 0 Å². The van der Waals surface area contributed by atoms with Crippen molar-refractivity contribution in [2.45, 2.75) is 90.3 Å². The molecule has 2 aliphatic carbocycles. The van der Waals surface area contributed by atoms with Crippen LogP contribution < -0.4 is 0 Å². The van der Waals surface area contributed by atoms with Gasteiger partial charge in [0.2, 0.25) is 0 Å². The molecule has 3 atom stereocenters. The molecule has 1 N–H and O–H groups in total. The Morgan fingerprint density at radius 1 is 1.07 bits per heavy atom. The molecule has 0 bridgehead atoms. The van der Waals surface area contributed by atoms with Crippen molar-refractivity contribution in [2.24, 2.45) is 16.7 Å². The summed E-state index contributed by atoms with van der Waals surface area (Å²) in [5.41, 5.74) is 1.30. The Balaban J connectivity index is 1.59. The highest BCUT2D eigenvalue weighted by Crippen LogP contribution is 2.58. The van der Waals surface area contributed by atoms with Gasteiger partial charge in [0, 0.05) is 5.41 Å². The van der Waals surface area contributed by atoms with Gasteiger partial charge in [0.25, 0.3) is 0 Å². The van der Waals surface area contributed by atoms with Gasteiger partial charge in [-0.3, -0.25) is 4.90 Å². The predicted molar refractivity (Wildman–Crippen MR) is 114 cm³/mol. The molecule has 1 aromatic rings. The summed E-state index contributed by atoms with van der Waals surface area (Å²) in [4.78, 5) is 14.4. The Labute approximate surface area is 175 Å². The van der Waals surface area contributed by atoms with E-state index in [1.165, 1.54) is 44.1 Å². The van der Waals surface area contributed by atoms with E-state index in [1.807, 2.05) is 18.2 Å². The molecule has 4 nitrogen and oxygen atoms in total. The number of benzene rings is 1. The fourth-order valence-corrected chi connectivity index (χ4v) is 6.50. The van der Waals surface area contributed by atoms with Crippen LogP contribution >= 0.6 is 0 Å². The monoisotopic (exact) mass is 399 g/mol. The van der Waals surface area contributed by atoms with Crippen molar-refractivity contribution in [2.75, 3.05) is 6.61 Å². The van der Waals surface area contributed by atoms with Crippen molar-refractivity contribution in [1.82, 2.24) is 4.90 Å². The van der Waals surface area contributed by atoms with Gasteiger partial charge in [0.1, 0.15) is 12.8 Å². The second-order valence-electron chi connectivity index (χ2n) is 10.2. The molecule has 4 heteroatoms. The molecule has 2 saturated carbocycles. The number of hydrogen-bond acceptors (Lipinski definition) is 3. The third-order valence-electron chi connectivity index (χ3n) is 8.21. The lowest BCUT2D eigenvalue weighted by molar-refractivity contribution is -0.145. The first-order valence-corrected chi connectivity index (χ1v) is 11.6. The Hall–Kier alpha value is -1.55. The van der Waals surface area contributed by atoms with Gasteiger partial charge >= 0.3 is 6.09 Å². The summed E-state index contributed by atoms with van der Waals surface area (Å²) >= 11 is 0. The zero-order chi connectivity index (χ0) is 20.5. The second kappa shape index (κ2) is 8.29. The van der Waals surface area contributed by atoms with Crippen molar-refractivity contribution in [3.63, 3.8) is 0 Å². The maximum atomic E-state index is 12.7. The van der Waals surface area contributed by atoms with Gasteiger partial charge in [-0.15, -0.1) is 0 Å². The topological polar surface area (TPSA) is 49.8 Å². The number of aliphatic hydroxyl groups is 1. The van der Waals surface area contributed by atoms with E-state index in [-0.39, 0.29) is 17.6 Å². The van der Waals surface area contributed by atoms with Gasteiger partial charge in [-0.05, 0) is 55.4 Å². The molecule has 3 unspecified atom stereocenters. The molecule has 160 valence electrons. The van der Waals surface area contributed by atoms with E-state index in [2.05, 4.69) is 26.0 Å². The molecule has 3 aliphatic rings. The van der Waals surface area contributed by atoms with Gasteiger partial charge in [0.05, 0.1) is 6.04 Å². The van der Waals surface area contributed by atoms with Crippen molar-refractivity contribution >= 4 is 6.09 Å². The normalized spacial score (nSPS) is 30.6. The number of hydrogen-bond donors (Lipinski definition) is 1. The number of aliphatic hydroxyl groups excluding tert-OH is 1. The van der Waals surface area contributed by atoms with Crippen molar-refractivity contribution < 1.29 is 14.6 Å². The second-order valence-corrected chi connectivity index (χ2v) is 10.2. The molecule has 29 heavy (non-hydrogen) atoms. The zero-order valence-electron chi connectivity index (χ0n) is 18.1. The highest BCUT2D eigenvalue weighted by atomic mass is 16.6. The standard InChI is InChI=1S/C25H37NO3/c1-19(2)25(15-9-14-24(18-25)12-7-4-8-13-24)22(27)26-21(17-29-23(26)28)16-20-10-5-3-6-11-20/h3,5-6,10-11,19,21-22,27H,4,7-9,12-18H2,1-2H3. The number of ether oxygens (including phenoxy) is 1. The molecule has 1 aliphatic heterocycles. The summed E-state index contributed by atoms with van der Waals surface area (Å²) in [5.74, 6) is 0.322. The quantitative estimate of drug-likeness (QED) is 0.708. The summed E-state index contributed by atoms with van der Waals surface area (Å²) in [6, 6.07) is 10.1. The molecule has 0 aromatic heterocycles. The van der Waals surface area contributed by atoms with Crippen LogP contribution in [0.2, 0.25) is 0 Å². The average molecular weight is 400 g/mol. The van der Waals surface area contributed by atoms with Gasteiger partial charge in [-0.1, -0.05) is 69.9 Å². The van der Waals surface area contributed by atoms with Crippen LogP contribution in [0.25, 0.3) is 0 Å². The first kappa shape index (κ1) is 20.7. The van der Waals surface area contributed by atoms with Crippen LogP contribution in [0.15, 0.2) is 30.3 Å². The summed E-state index contributed by atoms with van der Waals surface area (Å²) < 4.78 is 5.45. The number of carbonyl (C=O) groups is 1. The number of amides is 1.